The van der Waals surface area contributed by atoms with Gasteiger partial charge in [0.2, 0.25) is 0 Å². The maximum Gasteiger partial charge on any atom is 0.314 e. The second-order valence-corrected chi connectivity index (χ2v) is 6.17. The lowest BCUT2D eigenvalue weighted by molar-refractivity contribution is -0.136. The van der Waals surface area contributed by atoms with E-state index in [4.69, 9.17) is 10.8 Å². The highest BCUT2D eigenvalue weighted by atomic mass is 32.1. The number of aliphatic hydroxyl groups excluding tert-OH is 1. The van der Waals surface area contributed by atoms with Gasteiger partial charge in [0.1, 0.15) is 5.00 Å². The smallest absolute Gasteiger partial charge is 0.314 e. The Balaban J connectivity index is 2.12. The van der Waals surface area contributed by atoms with Crippen LogP contribution < -0.4 is 16.4 Å². The highest BCUT2D eigenvalue weighted by Crippen LogP contribution is 2.37. The fourth-order valence-corrected chi connectivity index (χ4v) is 3.73. The molecule has 1 aliphatic rings. The van der Waals surface area contributed by atoms with Crippen molar-refractivity contribution in [3.8, 4) is 0 Å². The van der Waals surface area contributed by atoms with E-state index in [0.29, 0.717) is 17.0 Å². The molecule has 1 aromatic rings. The third-order valence-electron chi connectivity index (χ3n) is 3.47. The second kappa shape index (κ2) is 7.37. The van der Waals surface area contributed by atoms with Crippen LogP contribution in [-0.4, -0.2) is 36.0 Å². The summed E-state index contributed by atoms with van der Waals surface area (Å²) in [6.45, 7) is 0.151. The molecule has 120 valence electrons. The van der Waals surface area contributed by atoms with Crippen molar-refractivity contribution in [2.75, 3.05) is 18.5 Å². The van der Waals surface area contributed by atoms with Gasteiger partial charge in [-0.1, -0.05) is 0 Å². The lowest BCUT2D eigenvalue weighted by atomic mass is 9.95. The maximum atomic E-state index is 11.9. The van der Waals surface area contributed by atoms with Gasteiger partial charge in [0.25, 0.3) is 5.91 Å². The molecule has 0 aliphatic heterocycles. The molecule has 8 heteroatoms. The van der Waals surface area contributed by atoms with Crippen LogP contribution in [0.25, 0.3) is 0 Å². The summed E-state index contributed by atoms with van der Waals surface area (Å²) in [5.41, 5.74) is 6.65. The third kappa shape index (κ3) is 3.63. The van der Waals surface area contributed by atoms with Crippen molar-refractivity contribution in [3.63, 3.8) is 0 Å². The van der Waals surface area contributed by atoms with Gasteiger partial charge in [-0.15, -0.1) is 11.3 Å². The lowest BCUT2D eigenvalue weighted by Crippen LogP contribution is -2.36. The SMILES string of the molecule is NC(=O)c1c(NC(=O)C(=O)NCCCO)sc2c1CCCC2. The fraction of sp³-hybridized carbons (Fsp3) is 0.500. The summed E-state index contributed by atoms with van der Waals surface area (Å²) in [5, 5.41) is 13.9. The number of nitrogens with one attached hydrogen (secondary N) is 2. The summed E-state index contributed by atoms with van der Waals surface area (Å²) in [5.74, 6) is -2.22. The molecule has 1 aliphatic carbocycles. The van der Waals surface area contributed by atoms with Crippen LogP contribution >= 0.6 is 11.3 Å². The zero-order chi connectivity index (χ0) is 16.1. The second-order valence-electron chi connectivity index (χ2n) is 5.07. The van der Waals surface area contributed by atoms with Crippen molar-refractivity contribution in [2.24, 2.45) is 5.73 Å². The summed E-state index contributed by atoms with van der Waals surface area (Å²) < 4.78 is 0. The number of fused-ring (bicyclic) bond motifs is 1. The minimum absolute atomic E-state index is 0.0641. The first kappa shape index (κ1) is 16.4. The number of aliphatic hydroxyl groups is 1. The first-order valence-electron chi connectivity index (χ1n) is 7.19. The molecule has 2 rings (SSSR count). The van der Waals surface area contributed by atoms with E-state index in [1.807, 2.05) is 0 Å². The van der Waals surface area contributed by atoms with E-state index in [0.717, 1.165) is 36.1 Å². The molecule has 0 spiro atoms. The molecule has 7 nitrogen and oxygen atoms in total. The zero-order valence-corrected chi connectivity index (χ0v) is 12.9. The molecular formula is C14H19N3O4S. The van der Waals surface area contributed by atoms with Crippen LogP contribution in [0.1, 0.15) is 40.1 Å². The molecular weight excluding hydrogens is 306 g/mol. The van der Waals surface area contributed by atoms with E-state index in [1.165, 1.54) is 11.3 Å². The summed E-state index contributed by atoms with van der Waals surface area (Å²) in [6.07, 6.45) is 4.03. The van der Waals surface area contributed by atoms with Gasteiger partial charge in [0, 0.05) is 18.0 Å². The van der Waals surface area contributed by atoms with Crippen LogP contribution in [0.2, 0.25) is 0 Å². The van der Waals surface area contributed by atoms with Gasteiger partial charge in [0.15, 0.2) is 0 Å². The monoisotopic (exact) mass is 325 g/mol. The maximum absolute atomic E-state index is 11.9. The Bertz CT molecular complexity index is 597. The van der Waals surface area contributed by atoms with Gasteiger partial charge in [-0.3, -0.25) is 14.4 Å². The van der Waals surface area contributed by atoms with Gasteiger partial charge in [-0.25, -0.2) is 0 Å². The number of aryl methyl sites for hydroxylation is 1. The summed E-state index contributed by atoms with van der Waals surface area (Å²) in [7, 11) is 0. The number of rotatable bonds is 5. The Morgan fingerprint density at radius 3 is 2.59 bits per heavy atom. The van der Waals surface area contributed by atoms with Crippen LogP contribution in [0.5, 0.6) is 0 Å². The molecule has 0 atom stereocenters. The fourth-order valence-electron chi connectivity index (χ4n) is 2.44. The number of hydrogen-bond donors (Lipinski definition) is 4. The van der Waals surface area contributed by atoms with E-state index < -0.39 is 17.7 Å². The predicted molar refractivity (Wildman–Crippen MR) is 82.8 cm³/mol. The van der Waals surface area contributed by atoms with E-state index in [-0.39, 0.29) is 13.2 Å². The number of amides is 3. The Kier molecular flexibility index (Phi) is 5.51. The summed E-state index contributed by atoms with van der Waals surface area (Å²) >= 11 is 1.31. The van der Waals surface area contributed by atoms with Gasteiger partial charge in [0.05, 0.1) is 5.56 Å². The number of hydrogen-bond acceptors (Lipinski definition) is 5. The van der Waals surface area contributed by atoms with Crippen LogP contribution in [0, 0.1) is 0 Å². The molecule has 5 N–H and O–H groups in total. The van der Waals surface area contributed by atoms with Crippen molar-refractivity contribution in [3.05, 3.63) is 16.0 Å². The van der Waals surface area contributed by atoms with Crippen molar-refractivity contribution < 1.29 is 19.5 Å². The van der Waals surface area contributed by atoms with Crippen molar-refractivity contribution in [1.82, 2.24) is 5.32 Å². The van der Waals surface area contributed by atoms with Crippen molar-refractivity contribution in [1.29, 1.82) is 0 Å². The Morgan fingerprint density at radius 2 is 1.91 bits per heavy atom. The van der Waals surface area contributed by atoms with Gasteiger partial charge < -0.3 is 21.5 Å². The molecule has 0 fully saturated rings. The van der Waals surface area contributed by atoms with Gasteiger partial charge in [-0.2, -0.15) is 0 Å². The van der Waals surface area contributed by atoms with E-state index in [9.17, 15) is 14.4 Å². The van der Waals surface area contributed by atoms with E-state index >= 15 is 0 Å². The minimum Gasteiger partial charge on any atom is -0.396 e. The number of thiophene rings is 1. The molecule has 0 saturated heterocycles. The van der Waals surface area contributed by atoms with Gasteiger partial charge in [-0.05, 0) is 37.7 Å². The quantitative estimate of drug-likeness (QED) is 0.455. The van der Waals surface area contributed by atoms with Gasteiger partial charge >= 0.3 is 11.8 Å². The Labute approximate surface area is 131 Å². The molecule has 3 amide bonds. The lowest BCUT2D eigenvalue weighted by Gasteiger charge is -2.11. The molecule has 0 unspecified atom stereocenters. The first-order chi connectivity index (χ1) is 10.5. The molecule has 0 aromatic carbocycles. The highest BCUT2D eigenvalue weighted by Gasteiger charge is 2.26. The normalized spacial score (nSPS) is 13.3. The highest BCUT2D eigenvalue weighted by molar-refractivity contribution is 7.17. The number of anilines is 1. The number of carbonyl (C=O) groups is 3. The molecule has 0 bridgehead atoms. The number of primary amides is 1. The minimum atomic E-state index is -0.834. The third-order valence-corrected chi connectivity index (χ3v) is 4.68. The van der Waals surface area contributed by atoms with E-state index in [1.54, 1.807) is 0 Å². The van der Waals surface area contributed by atoms with Crippen molar-refractivity contribution >= 4 is 34.1 Å². The average molecular weight is 325 g/mol. The number of carbonyl (C=O) groups excluding carboxylic acids is 3. The average Bonchev–Trinajstić information content (AvgIpc) is 2.85. The topological polar surface area (TPSA) is 122 Å². The van der Waals surface area contributed by atoms with Crippen LogP contribution in [0.4, 0.5) is 5.00 Å². The molecule has 1 heterocycles. The zero-order valence-electron chi connectivity index (χ0n) is 12.1. The largest absolute Gasteiger partial charge is 0.396 e. The molecule has 1 aromatic heterocycles. The predicted octanol–water partition coefficient (Wildman–Crippen LogP) is 0.163. The Morgan fingerprint density at radius 1 is 1.18 bits per heavy atom. The first-order valence-corrected chi connectivity index (χ1v) is 8.00. The molecule has 0 radical (unpaired) electrons. The molecule has 22 heavy (non-hydrogen) atoms. The summed E-state index contributed by atoms with van der Waals surface area (Å²) in [6, 6.07) is 0. The Hall–Kier alpha value is -1.93. The van der Waals surface area contributed by atoms with Crippen LogP contribution in [0.15, 0.2) is 0 Å². The van der Waals surface area contributed by atoms with Crippen LogP contribution in [0.3, 0.4) is 0 Å². The standard InChI is InChI=1S/C14H19N3O4S/c15-11(19)10-8-4-1-2-5-9(8)22-14(10)17-13(21)12(20)16-6-3-7-18/h18H,1-7H2,(H2,15,19)(H,16,20)(H,17,21). The number of nitrogens with two attached hydrogens (primary N) is 1. The van der Waals surface area contributed by atoms with Crippen LogP contribution in [-0.2, 0) is 22.4 Å². The van der Waals surface area contributed by atoms with E-state index in [2.05, 4.69) is 10.6 Å². The van der Waals surface area contributed by atoms with Crippen molar-refractivity contribution in [2.45, 2.75) is 32.1 Å². The molecule has 0 saturated carbocycles. The summed E-state index contributed by atoms with van der Waals surface area (Å²) in [4.78, 5) is 36.2.